The minimum atomic E-state index is -3.77. The number of anilines is 1. The smallest absolute Gasteiger partial charge is 0.335 e. The molecule has 0 spiro atoms. The molecule has 0 unspecified atom stereocenters. The molecular formula is C9H7BrN2O4S. The third-order valence-electron chi connectivity index (χ3n) is 1.67. The van der Waals surface area contributed by atoms with Crippen molar-refractivity contribution >= 4 is 37.6 Å². The maximum Gasteiger partial charge on any atom is 0.335 e. The number of hydrogen-bond acceptors (Lipinski definition) is 4. The SMILES string of the molecule is N#CCS(=O)(=O)Nc1cc(Br)cc(C(=O)O)c1. The topological polar surface area (TPSA) is 107 Å². The van der Waals surface area contributed by atoms with Crippen LogP contribution >= 0.6 is 15.9 Å². The summed E-state index contributed by atoms with van der Waals surface area (Å²) in [6.45, 7) is 0. The number of nitriles is 1. The van der Waals surface area contributed by atoms with E-state index in [9.17, 15) is 13.2 Å². The predicted molar refractivity (Wildman–Crippen MR) is 64.1 cm³/mol. The second-order valence-corrected chi connectivity index (χ2v) is 5.69. The van der Waals surface area contributed by atoms with Gasteiger partial charge in [-0.1, -0.05) is 15.9 Å². The second-order valence-electron chi connectivity index (χ2n) is 3.05. The van der Waals surface area contributed by atoms with Gasteiger partial charge in [-0.3, -0.25) is 4.72 Å². The Morgan fingerprint density at radius 3 is 2.65 bits per heavy atom. The van der Waals surface area contributed by atoms with Gasteiger partial charge in [-0.05, 0) is 18.2 Å². The van der Waals surface area contributed by atoms with Gasteiger partial charge in [0.1, 0.15) is 0 Å². The molecule has 6 nitrogen and oxygen atoms in total. The summed E-state index contributed by atoms with van der Waals surface area (Å²) in [6, 6.07) is 5.41. The lowest BCUT2D eigenvalue weighted by molar-refractivity contribution is 0.0697. The van der Waals surface area contributed by atoms with Gasteiger partial charge >= 0.3 is 5.97 Å². The van der Waals surface area contributed by atoms with Crippen molar-refractivity contribution in [3.63, 3.8) is 0 Å². The molecule has 0 saturated carbocycles. The number of hydrogen-bond donors (Lipinski definition) is 2. The molecule has 2 N–H and O–H groups in total. The van der Waals surface area contributed by atoms with E-state index in [4.69, 9.17) is 10.4 Å². The van der Waals surface area contributed by atoms with Crippen LogP contribution in [0.5, 0.6) is 0 Å². The van der Waals surface area contributed by atoms with Crippen molar-refractivity contribution in [2.45, 2.75) is 0 Å². The van der Waals surface area contributed by atoms with Crippen LogP contribution in [0.2, 0.25) is 0 Å². The number of carbonyl (C=O) groups is 1. The molecule has 1 rings (SSSR count). The highest BCUT2D eigenvalue weighted by molar-refractivity contribution is 9.10. The number of sulfonamides is 1. The first-order chi connectivity index (χ1) is 7.84. The van der Waals surface area contributed by atoms with Crippen molar-refractivity contribution in [2.75, 3.05) is 10.5 Å². The van der Waals surface area contributed by atoms with Crippen LogP contribution in [0.25, 0.3) is 0 Å². The summed E-state index contributed by atoms with van der Waals surface area (Å²) in [5, 5.41) is 17.1. The molecule has 0 radical (unpaired) electrons. The molecule has 0 aliphatic carbocycles. The number of benzene rings is 1. The minimum absolute atomic E-state index is 0.0611. The van der Waals surface area contributed by atoms with Gasteiger partial charge in [0.2, 0.25) is 10.0 Å². The second kappa shape index (κ2) is 5.16. The lowest BCUT2D eigenvalue weighted by atomic mass is 10.2. The summed E-state index contributed by atoms with van der Waals surface area (Å²) < 4.78 is 25.1. The quantitative estimate of drug-likeness (QED) is 0.872. The number of halogens is 1. The lowest BCUT2D eigenvalue weighted by Crippen LogP contribution is -2.15. The van der Waals surface area contributed by atoms with Gasteiger partial charge in [0.15, 0.2) is 5.75 Å². The molecule has 90 valence electrons. The largest absolute Gasteiger partial charge is 0.478 e. The van der Waals surface area contributed by atoms with Crippen LogP contribution in [0.4, 0.5) is 5.69 Å². The first-order valence-corrected chi connectivity index (χ1v) is 6.70. The van der Waals surface area contributed by atoms with Crippen molar-refractivity contribution < 1.29 is 18.3 Å². The predicted octanol–water partition coefficient (Wildman–Crippen LogP) is 1.41. The minimum Gasteiger partial charge on any atom is -0.478 e. The highest BCUT2D eigenvalue weighted by atomic mass is 79.9. The fourth-order valence-electron chi connectivity index (χ4n) is 1.07. The van der Waals surface area contributed by atoms with E-state index >= 15 is 0 Å². The van der Waals surface area contributed by atoms with Crippen LogP contribution in [-0.2, 0) is 10.0 Å². The molecule has 0 saturated heterocycles. The highest BCUT2D eigenvalue weighted by Gasteiger charge is 2.12. The molecule has 0 heterocycles. The molecule has 1 aromatic carbocycles. The average molecular weight is 319 g/mol. The molecule has 0 atom stereocenters. The number of rotatable bonds is 4. The normalized spacial score (nSPS) is 10.6. The van der Waals surface area contributed by atoms with Crippen LogP contribution in [0.15, 0.2) is 22.7 Å². The van der Waals surface area contributed by atoms with Gasteiger partial charge in [-0.25, -0.2) is 13.2 Å². The Morgan fingerprint density at radius 1 is 1.47 bits per heavy atom. The highest BCUT2D eigenvalue weighted by Crippen LogP contribution is 2.20. The van der Waals surface area contributed by atoms with Crippen LogP contribution < -0.4 is 4.72 Å². The zero-order chi connectivity index (χ0) is 13.1. The first kappa shape index (κ1) is 13.5. The van der Waals surface area contributed by atoms with Gasteiger partial charge in [-0.15, -0.1) is 0 Å². The van der Waals surface area contributed by atoms with E-state index < -0.39 is 21.7 Å². The maximum atomic E-state index is 11.3. The number of aromatic carboxylic acids is 1. The summed E-state index contributed by atoms with van der Waals surface area (Å²) in [6.07, 6.45) is 0. The Morgan fingerprint density at radius 2 is 2.12 bits per heavy atom. The molecule has 0 bridgehead atoms. The van der Waals surface area contributed by atoms with Crippen molar-refractivity contribution in [1.82, 2.24) is 0 Å². The summed E-state index contributed by atoms with van der Waals surface area (Å²) in [5.41, 5.74) is 0.0288. The Bertz CT molecular complexity index is 592. The number of carboxylic acid groups (broad SMARTS) is 1. The lowest BCUT2D eigenvalue weighted by Gasteiger charge is -2.06. The summed E-state index contributed by atoms with van der Waals surface area (Å²) in [4.78, 5) is 10.7. The van der Waals surface area contributed by atoms with E-state index in [1.54, 1.807) is 0 Å². The summed E-state index contributed by atoms with van der Waals surface area (Å²) >= 11 is 3.06. The van der Waals surface area contributed by atoms with Gasteiger partial charge in [-0.2, -0.15) is 5.26 Å². The summed E-state index contributed by atoms with van der Waals surface area (Å²) in [5.74, 6) is -1.87. The zero-order valence-electron chi connectivity index (χ0n) is 8.34. The Hall–Kier alpha value is -1.59. The fraction of sp³-hybridized carbons (Fsp3) is 0.111. The average Bonchev–Trinajstić information content (AvgIpc) is 2.15. The van der Waals surface area contributed by atoms with Gasteiger partial charge < -0.3 is 5.11 Å². The van der Waals surface area contributed by atoms with E-state index in [0.717, 1.165) is 0 Å². The van der Waals surface area contributed by atoms with E-state index in [-0.39, 0.29) is 11.3 Å². The van der Waals surface area contributed by atoms with Gasteiger partial charge in [0.25, 0.3) is 0 Å². The molecular weight excluding hydrogens is 312 g/mol. The van der Waals surface area contributed by atoms with Crippen LogP contribution in [0.1, 0.15) is 10.4 Å². The van der Waals surface area contributed by atoms with E-state index in [1.165, 1.54) is 24.3 Å². The third kappa shape index (κ3) is 4.05. The number of carboxylic acids is 1. The zero-order valence-corrected chi connectivity index (χ0v) is 10.7. The third-order valence-corrected chi connectivity index (χ3v) is 3.19. The molecule has 17 heavy (non-hydrogen) atoms. The van der Waals surface area contributed by atoms with Crippen LogP contribution in [-0.4, -0.2) is 25.2 Å². The van der Waals surface area contributed by atoms with Crippen LogP contribution in [0, 0.1) is 11.3 Å². The van der Waals surface area contributed by atoms with Crippen molar-refractivity contribution in [3.8, 4) is 6.07 Å². The Kier molecular flexibility index (Phi) is 4.09. The Balaban J connectivity index is 3.09. The molecule has 1 aromatic rings. The number of nitrogens with one attached hydrogen (secondary N) is 1. The monoisotopic (exact) mass is 318 g/mol. The molecule has 0 aromatic heterocycles. The van der Waals surface area contributed by atoms with Crippen LogP contribution in [0.3, 0.4) is 0 Å². The van der Waals surface area contributed by atoms with Crippen molar-refractivity contribution in [2.24, 2.45) is 0 Å². The van der Waals surface area contributed by atoms with Crippen molar-refractivity contribution in [1.29, 1.82) is 5.26 Å². The Labute approximate surface area is 106 Å². The molecule has 0 amide bonds. The maximum absolute atomic E-state index is 11.3. The molecule has 0 aliphatic heterocycles. The molecule has 0 aliphatic rings. The standard InChI is InChI=1S/C9H7BrN2O4S/c10-7-3-6(9(13)14)4-8(5-7)12-17(15,16)2-1-11/h3-5,12H,2H2,(H,13,14). The number of nitrogens with zero attached hydrogens (tertiary/aromatic N) is 1. The first-order valence-electron chi connectivity index (χ1n) is 4.25. The summed E-state index contributed by atoms with van der Waals surface area (Å²) in [7, 11) is -3.77. The fourth-order valence-corrected chi connectivity index (χ4v) is 2.29. The van der Waals surface area contributed by atoms with Gasteiger partial charge in [0.05, 0.1) is 17.3 Å². The molecule has 0 fully saturated rings. The van der Waals surface area contributed by atoms with E-state index in [0.29, 0.717) is 4.47 Å². The molecule has 8 heteroatoms. The van der Waals surface area contributed by atoms with E-state index in [1.807, 2.05) is 0 Å². The van der Waals surface area contributed by atoms with Gasteiger partial charge in [0, 0.05) is 4.47 Å². The van der Waals surface area contributed by atoms with Crippen molar-refractivity contribution in [3.05, 3.63) is 28.2 Å². The van der Waals surface area contributed by atoms with E-state index in [2.05, 4.69) is 20.7 Å².